The van der Waals surface area contributed by atoms with Crippen LogP contribution in [0.5, 0.6) is 0 Å². The van der Waals surface area contributed by atoms with Crippen molar-refractivity contribution in [2.24, 2.45) is 0 Å². The average Bonchev–Trinajstić information content (AvgIpc) is 2.59. The van der Waals surface area contributed by atoms with Crippen LogP contribution in [0.1, 0.15) is 31.4 Å². The van der Waals surface area contributed by atoms with E-state index in [4.69, 9.17) is 0 Å². The molecular formula is C20H21NS. The van der Waals surface area contributed by atoms with Gasteiger partial charge in [0, 0.05) is 10.9 Å². The zero-order valence-corrected chi connectivity index (χ0v) is 13.6. The fraction of sp³-hybridized carbons (Fsp3) is 0.200. The Hall–Kier alpha value is -1.77. The van der Waals surface area contributed by atoms with Gasteiger partial charge in [-0.1, -0.05) is 74.0 Å². The number of nitrogens with one attached hydrogen (secondary N) is 1. The molecule has 0 spiro atoms. The zero-order valence-electron chi connectivity index (χ0n) is 12.8. The molecule has 2 heteroatoms. The molecular weight excluding hydrogens is 286 g/mol. The second-order valence-electron chi connectivity index (χ2n) is 5.48. The van der Waals surface area contributed by atoms with Crippen LogP contribution >= 0.6 is 11.9 Å². The number of benzene rings is 3. The Labute approximate surface area is 136 Å². The van der Waals surface area contributed by atoms with Crippen molar-refractivity contribution in [3.63, 3.8) is 0 Å². The van der Waals surface area contributed by atoms with Gasteiger partial charge in [-0.3, -0.25) is 4.72 Å². The highest BCUT2D eigenvalue weighted by molar-refractivity contribution is 7.97. The molecule has 0 fully saturated rings. The summed E-state index contributed by atoms with van der Waals surface area (Å²) in [6.45, 7) is 2.23. The Morgan fingerprint density at radius 1 is 0.864 bits per heavy atom. The Bertz CT molecular complexity index is 724. The molecule has 0 saturated carbocycles. The molecule has 0 aliphatic rings. The third-order valence-electron chi connectivity index (χ3n) is 3.82. The summed E-state index contributed by atoms with van der Waals surface area (Å²) in [6.07, 6.45) is 2.31. The molecule has 0 aromatic heterocycles. The van der Waals surface area contributed by atoms with E-state index in [1.54, 1.807) is 11.9 Å². The van der Waals surface area contributed by atoms with E-state index in [9.17, 15) is 0 Å². The van der Waals surface area contributed by atoms with Gasteiger partial charge >= 0.3 is 0 Å². The first-order chi connectivity index (χ1) is 10.9. The van der Waals surface area contributed by atoms with E-state index in [2.05, 4.69) is 84.4 Å². The topological polar surface area (TPSA) is 12.0 Å². The molecule has 1 N–H and O–H groups in total. The predicted octanol–water partition coefficient (Wildman–Crippen LogP) is 5.98. The first kappa shape index (κ1) is 15.1. The van der Waals surface area contributed by atoms with Gasteiger partial charge < -0.3 is 0 Å². The van der Waals surface area contributed by atoms with Crippen LogP contribution in [0.4, 0.5) is 0 Å². The fourth-order valence-corrected chi connectivity index (χ4v) is 3.49. The number of rotatable bonds is 6. The van der Waals surface area contributed by atoms with Gasteiger partial charge in [0.1, 0.15) is 0 Å². The van der Waals surface area contributed by atoms with Gasteiger partial charge in [-0.05, 0) is 46.8 Å². The van der Waals surface area contributed by atoms with Gasteiger partial charge in [-0.2, -0.15) is 0 Å². The molecule has 0 amide bonds. The first-order valence-electron chi connectivity index (χ1n) is 7.83. The molecule has 0 bridgehead atoms. The maximum atomic E-state index is 3.63. The molecule has 1 atom stereocenters. The zero-order chi connectivity index (χ0) is 15.2. The van der Waals surface area contributed by atoms with Crippen molar-refractivity contribution in [1.82, 2.24) is 4.72 Å². The van der Waals surface area contributed by atoms with E-state index in [-0.39, 0.29) is 0 Å². The highest BCUT2D eigenvalue weighted by atomic mass is 32.2. The Balaban J connectivity index is 1.73. The molecule has 112 valence electrons. The molecule has 0 aliphatic carbocycles. The summed E-state index contributed by atoms with van der Waals surface area (Å²) in [5, 5.41) is 2.58. The standard InChI is InChI=1S/C20H21NS/c1-2-8-20(17-10-4-3-5-11-17)21-22-19-14-13-16-9-6-7-12-18(16)15-19/h3-7,9-15,20-21H,2,8H2,1H3. The van der Waals surface area contributed by atoms with Crippen molar-refractivity contribution in [1.29, 1.82) is 0 Å². The van der Waals surface area contributed by atoms with E-state index < -0.39 is 0 Å². The average molecular weight is 307 g/mol. The Kier molecular flexibility index (Phi) is 5.15. The van der Waals surface area contributed by atoms with E-state index in [0.29, 0.717) is 6.04 Å². The minimum absolute atomic E-state index is 0.391. The lowest BCUT2D eigenvalue weighted by Crippen LogP contribution is -2.13. The van der Waals surface area contributed by atoms with Crippen LogP contribution in [0.25, 0.3) is 10.8 Å². The summed E-state index contributed by atoms with van der Waals surface area (Å²) in [5.74, 6) is 0. The van der Waals surface area contributed by atoms with E-state index in [1.807, 2.05) is 0 Å². The van der Waals surface area contributed by atoms with Crippen molar-refractivity contribution in [2.75, 3.05) is 0 Å². The highest BCUT2D eigenvalue weighted by Crippen LogP contribution is 2.26. The lowest BCUT2D eigenvalue weighted by Gasteiger charge is -2.18. The van der Waals surface area contributed by atoms with Gasteiger partial charge in [0.15, 0.2) is 0 Å². The third-order valence-corrected chi connectivity index (χ3v) is 4.71. The number of hydrogen-bond donors (Lipinski definition) is 1. The minimum atomic E-state index is 0.391. The largest absolute Gasteiger partial charge is 0.252 e. The van der Waals surface area contributed by atoms with E-state index in [0.717, 1.165) is 6.42 Å². The summed E-state index contributed by atoms with van der Waals surface area (Å²) in [6, 6.07) is 26.2. The molecule has 1 unspecified atom stereocenters. The van der Waals surface area contributed by atoms with Gasteiger partial charge in [0.05, 0.1) is 0 Å². The summed E-state index contributed by atoms with van der Waals surface area (Å²) < 4.78 is 3.63. The van der Waals surface area contributed by atoms with Crippen molar-refractivity contribution in [3.05, 3.63) is 78.4 Å². The van der Waals surface area contributed by atoms with Crippen molar-refractivity contribution in [3.8, 4) is 0 Å². The van der Waals surface area contributed by atoms with Gasteiger partial charge in [-0.25, -0.2) is 0 Å². The summed E-state index contributed by atoms with van der Waals surface area (Å²) >= 11 is 1.73. The van der Waals surface area contributed by atoms with Crippen LogP contribution in [0.15, 0.2) is 77.7 Å². The van der Waals surface area contributed by atoms with E-state index >= 15 is 0 Å². The lowest BCUT2D eigenvalue weighted by atomic mass is 10.0. The van der Waals surface area contributed by atoms with Gasteiger partial charge in [0.25, 0.3) is 0 Å². The van der Waals surface area contributed by atoms with Gasteiger partial charge in [0.2, 0.25) is 0 Å². The molecule has 3 rings (SSSR count). The van der Waals surface area contributed by atoms with Crippen LogP contribution in [0.3, 0.4) is 0 Å². The van der Waals surface area contributed by atoms with Crippen LogP contribution in [0, 0.1) is 0 Å². The molecule has 1 nitrogen and oxygen atoms in total. The van der Waals surface area contributed by atoms with Crippen LogP contribution in [-0.2, 0) is 0 Å². The van der Waals surface area contributed by atoms with Crippen molar-refractivity contribution >= 4 is 22.7 Å². The molecule has 0 heterocycles. The van der Waals surface area contributed by atoms with Gasteiger partial charge in [-0.15, -0.1) is 0 Å². The second-order valence-corrected chi connectivity index (χ2v) is 6.39. The quantitative estimate of drug-likeness (QED) is 0.562. The molecule has 0 radical (unpaired) electrons. The monoisotopic (exact) mass is 307 g/mol. The van der Waals surface area contributed by atoms with Crippen molar-refractivity contribution < 1.29 is 0 Å². The smallest absolute Gasteiger partial charge is 0.0424 e. The summed E-state index contributed by atoms with van der Waals surface area (Å²) in [7, 11) is 0. The molecule has 22 heavy (non-hydrogen) atoms. The molecule has 0 aliphatic heterocycles. The lowest BCUT2D eigenvalue weighted by molar-refractivity contribution is 0.602. The maximum absolute atomic E-state index is 3.63. The minimum Gasteiger partial charge on any atom is -0.252 e. The third kappa shape index (κ3) is 3.70. The fourth-order valence-electron chi connectivity index (χ4n) is 2.64. The Morgan fingerprint density at radius 2 is 1.59 bits per heavy atom. The predicted molar refractivity (Wildman–Crippen MR) is 97.0 cm³/mol. The van der Waals surface area contributed by atoms with Crippen LogP contribution in [-0.4, -0.2) is 0 Å². The van der Waals surface area contributed by atoms with Crippen LogP contribution in [0.2, 0.25) is 0 Å². The molecule has 3 aromatic rings. The number of fused-ring (bicyclic) bond motifs is 1. The summed E-state index contributed by atoms with van der Waals surface area (Å²) in [5.41, 5.74) is 1.36. The summed E-state index contributed by atoms with van der Waals surface area (Å²) in [4.78, 5) is 1.26. The van der Waals surface area contributed by atoms with E-state index in [1.165, 1.54) is 27.7 Å². The normalized spacial score (nSPS) is 12.4. The second kappa shape index (κ2) is 7.48. The molecule has 3 aromatic carbocycles. The van der Waals surface area contributed by atoms with Crippen molar-refractivity contribution in [2.45, 2.75) is 30.7 Å². The molecule has 0 saturated heterocycles. The highest BCUT2D eigenvalue weighted by Gasteiger charge is 2.10. The SMILES string of the molecule is CCCC(NSc1ccc2ccccc2c1)c1ccccc1. The first-order valence-corrected chi connectivity index (χ1v) is 8.64. The van der Waals surface area contributed by atoms with Crippen LogP contribution < -0.4 is 4.72 Å². The number of hydrogen-bond acceptors (Lipinski definition) is 2. The Morgan fingerprint density at radius 3 is 2.36 bits per heavy atom. The maximum Gasteiger partial charge on any atom is 0.0424 e.